The third-order valence-electron chi connectivity index (χ3n) is 6.66. The summed E-state index contributed by atoms with van der Waals surface area (Å²) in [5.41, 5.74) is 4.90. The second-order valence-corrected chi connectivity index (χ2v) is 10.0. The first-order valence-electron chi connectivity index (χ1n) is 12.7. The van der Waals surface area contributed by atoms with Gasteiger partial charge in [-0.25, -0.2) is 9.97 Å². The minimum atomic E-state index is -0.312. The average molecular weight is 547 g/mol. The maximum absolute atomic E-state index is 11.8. The normalized spacial score (nSPS) is 17.2. The highest BCUT2D eigenvalue weighted by molar-refractivity contribution is 6.33. The first-order valence-corrected chi connectivity index (χ1v) is 13.0. The number of nitrogens with zero attached hydrogens (tertiary/aromatic N) is 4. The van der Waals surface area contributed by atoms with Crippen LogP contribution in [0.1, 0.15) is 13.8 Å². The van der Waals surface area contributed by atoms with E-state index in [1.54, 1.807) is 31.5 Å². The highest BCUT2D eigenvalue weighted by Crippen LogP contribution is 2.37. The number of hydrogen-bond donors (Lipinski definition) is 2. The van der Waals surface area contributed by atoms with Crippen molar-refractivity contribution in [1.29, 1.82) is 0 Å². The lowest BCUT2D eigenvalue weighted by atomic mass is 10.1. The van der Waals surface area contributed by atoms with Crippen LogP contribution in [0.25, 0.3) is 22.2 Å². The number of anilines is 4. The third kappa shape index (κ3) is 5.55. The summed E-state index contributed by atoms with van der Waals surface area (Å²) in [6.45, 7) is 9.40. The molecule has 2 atom stereocenters. The number of carbonyl (C=O) groups is 1. The largest absolute Gasteiger partial charge is 0.495 e. The van der Waals surface area contributed by atoms with Crippen molar-refractivity contribution >= 4 is 51.4 Å². The van der Waals surface area contributed by atoms with Gasteiger partial charge >= 0.3 is 0 Å². The molecule has 5 rings (SSSR count). The van der Waals surface area contributed by atoms with E-state index in [4.69, 9.17) is 26.1 Å². The number of ether oxygens (including phenoxy) is 2. The van der Waals surface area contributed by atoms with Gasteiger partial charge in [-0.15, -0.1) is 0 Å². The molecule has 2 N–H and O–H groups in total. The first kappa shape index (κ1) is 26.5. The van der Waals surface area contributed by atoms with Gasteiger partial charge in [0, 0.05) is 48.7 Å². The second-order valence-electron chi connectivity index (χ2n) is 9.64. The van der Waals surface area contributed by atoms with Crippen molar-refractivity contribution in [2.75, 3.05) is 35.7 Å². The van der Waals surface area contributed by atoms with Crippen LogP contribution in [-0.2, 0) is 16.6 Å². The van der Waals surface area contributed by atoms with Crippen LogP contribution in [-0.4, -0.2) is 52.8 Å². The molecule has 202 valence electrons. The summed E-state index contributed by atoms with van der Waals surface area (Å²) in [4.78, 5) is 23.3. The highest BCUT2D eigenvalue weighted by atomic mass is 35.5. The minimum Gasteiger partial charge on any atom is -0.495 e. The van der Waals surface area contributed by atoms with Gasteiger partial charge in [0.2, 0.25) is 11.9 Å². The molecule has 0 saturated carbocycles. The summed E-state index contributed by atoms with van der Waals surface area (Å²) >= 11 is 6.62. The summed E-state index contributed by atoms with van der Waals surface area (Å²) in [6, 6.07) is 11.7. The molecule has 4 aromatic rings. The molecule has 10 heteroatoms. The average Bonchev–Trinajstić information content (AvgIpc) is 3.24. The van der Waals surface area contributed by atoms with E-state index in [9.17, 15) is 4.79 Å². The standard InChI is InChI=1S/C29H31ClN6O3/c1-6-27(37)32-19-7-10-26(38-5)24(11-19)33-29-31-13-23(30)28(34-29)22-16-35(4)25-12-20(8-9-21(22)25)36-14-17(2)39-18(3)15-36/h6-13,16-18H,1,14-15H2,2-5H3,(H,32,37)(H,31,33,34). The molecule has 39 heavy (non-hydrogen) atoms. The number of aromatic nitrogens is 3. The molecule has 2 unspecified atom stereocenters. The Morgan fingerprint density at radius 1 is 1.21 bits per heavy atom. The van der Waals surface area contributed by atoms with Gasteiger partial charge in [0.1, 0.15) is 5.75 Å². The number of morpholine rings is 1. The van der Waals surface area contributed by atoms with Crippen molar-refractivity contribution in [2.24, 2.45) is 7.05 Å². The molecule has 0 spiro atoms. The number of rotatable bonds is 7. The fourth-order valence-electron chi connectivity index (χ4n) is 4.96. The van der Waals surface area contributed by atoms with E-state index in [0.29, 0.717) is 33.8 Å². The first-order chi connectivity index (χ1) is 18.7. The maximum Gasteiger partial charge on any atom is 0.247 e. The summed E-state index contributed by atoms with van der Waals surface area (Å²) < 4.78 is 13.5. The number of amides is 1. The number of methoxy groups -OCH3 is 1. The molecule has 1 saturated heterocycles. The Labute approximate surface area is 232 Å². The summed E-state index contributed by atoms with van der Waals surface area (Å²) in [7, 11) is 3.58. The van der Waals surface area contributed by atoms with Crippen molar-refractivity contribution in [2.45, 2.75) is 26.1 Å². The van der Waals surface area contributed by atoms with Crippen LogP contribution in [0.4, 0.5) is 23.0 Å². The summed E-state index contributed by atoms with van der Waals surface area (Å²) in [6.07, 6.45) is 5.17. The smallest absolute Gasteiger partial charge is 0.247 e. The van der Waals surface area contributed by atoms with Crippen LogP contribution in [0.15, 0.2) is 61.4 Å². The van der Waals surface area contributed by atoms with Gasteiger partial charge in [-0.05, 0) is 50.3 Å². The zero-order valence-corrected chi connectivity index (χ0v) is 23.1. The molecule has 9 nitrogen and oxygen atoms in total. The van der Waals surface area contributed by atoms with Crippen molar-refractivity contribution < 1.29 is 14.3 Å². The molecule has 1 aliphatic heterocycles. The second kappa shape index (κ2) is 11.0. The van der Waals surface area contributed by atoms with Crippen LogP contribution in [0, 0.1) is 0 Å². The molecular formula is C29H31ClN6O3. The lowest BCUT2D eigenvalue weighted by Gasteiger charge is -2.36. The number of halogens is 1. The van der Waals surface area contributed by atoms with Gasteiger partial charge in [0.05, 0.1) is 47.4 Å². The van der Waals surface area contributed by atoms with E-state index in [0.717, 1.165) is 35.2 Å². The predicted octanol–water partition coefficient (Wildman–Crippen LogP) is 5.78. The summed E-state index contributed by atoms with van der Waals surface area (Å²) in [5.74, 6) is 0.592. The monoisotopic (exact) mass is 546 g/mol. The topological polar surface area (TPSA) is 93.5 Å². The third-order valence-corrected chi connectivity index (χ3v) is 6.93. The lowest BCUT2D eigenvalue weighted by molar-refractivity contribution is -0.111. The molecule has 2 aromatic carbocycles. The Balaban J connectivity index is 1.48. The van der Waals surface area contributed by atoms with Gasteiger partial charge < -0.3 is 29.6 Å². The van der Waals surface area contributed by atoms with Crippen molar-refractivity contribution in [3.05, 3.63) is 66.5 Å². The van der Waals surface area contributed by atoms with Crippen LogP contribution in [0.2, 0.25) is 5.02 Å². The van der Waals surface area contributed by atoms with Gasteiger partial charge in [0.25, 0.3) is 0 Å². The van der Waals surface area contributed by atoms with E-state index < -0.39 is 0 Å². The van der Waals surface area contributed by atoms with Gasteiger partial charge in [-0.3, -0.25) is 4.79 Å². The van der Waals surface area contributed by atoms with Gasteiger partial charge in [-0.2, -0.15) is 0 Å². The molecule has 0 aliphatic carbocycles. The van der Waals surface area contributed by atoms with Crippen molar-refractivity contribution in [3.63, 3.8) is 0 Å². The molecule has 0 bridgehead atoms. The molecule has 1 fully saturated rings. The Morgan fingerprint density at radius 3 is 2.69 bits per heavy atom. The SMILES string of the molecule is C=CC(=O)Nc1ccc(OC)c(Nc2ncc(Cl)c(-c3cn(C)c4cc(N5CC(C)OC(C)C5)ccc34)n2)c1. The zero-order valence-electron chi connectivity index (χ0n) is 22.4. The van der Waals surface area contributed by atoms with E-state index in [1.165, 1.54) is 6.08 Å². The number of carbonyl (C=O) groups excluding carboxylic acids is 1. The molecular weight excluding hydrogens is 516 g/mol. The van der Waals surface area contributed by atoms with E-state index in [2.05, 4.69) is 63.7 Å². The Morgan fingerprint density at radius 2 is 1.97 bits per heavy atom. The molecule has 0 radical (unpaired) electrons. The minimum absolute atomic E-state index is 0.178. The van der Waals surface area contributed by atoms with Crippen molar-refractivity contribution in [3.8, 4) is 17.0 Å². The number of aryl methyl sites for hydroxylation is 1. The van der Waals surface area contributed by atoms with E-state index >= 15 is 0 Å². The van der Waals surface area contributed by atoms with E-state index in [-0.39, 0.29) is 18.1 Å². The molecule has 1 aliphatic rings. The number of nitrogens with one attached hydrogen (secondary N) is 2. The highest BCUT2D eigenvalue weighted by Gasteiger charge is 2.23. The molecule has 1 amide bonds. The molecule has 3 heterocycles. The molecule has 2 aromatic heterocycles. The van der Waals surface area contributed by atoms with Crippen LogP contribution >= 0.6 is 11.6 Å². The fraction of sp³-hybridized carbons (Fsp3) is 0.276. The Hall–Kier alpha value is -4.08. The Bertz CT molecular complexity index is 1540. The number of benzene rings is 2. The van der Waals surface area contributed by atoms with Gasteiger partial charge in [0.15, 0.2) is 0 Å². The maximum atomic E-state index is 11.8. The zero-order chi connectivity index (χ0) is 27.7. The van der Waals surface area contributed by atoms with Crippen LogP contribution < -0.4 is 20.3 Å². The lowest BCUT2D eigenvalue weighted by Crippen LogP contribution is -2.45. The predicted molar refractivity (Wildman–Crippen MR) is 156 cm³/mol. The van der Waals surface area contributed by atoms with Crippen LogP contribution in [0.5, 0.6) is 5.75 Å². The Kier molecular flexibility index (Phi) is 7.45. The number of hydrogen-bond acceptors (Lipinski definition) is 7. The van der Waals surface area contributed by atoms with Crippen LogP contribution in [0.3, 0.4) is 0 Å². The van der Waals surface area contributed by atoms with Gasteiger partial charge in [-0.1, -0.05) is 24.2 Å². The number of fused-ring (bicyclic) bond motifs is 1. The van der Waals surface area contributed by atoms with E-state index in [1.807, 2.05) is 13.2 Å². The van der Waals surface area contributed by atoms with Crippen molar-refractivity contribution in [1.82, 2.24) is 14.5 Å². The fourth-order valence-corrected chi connectivity index (χ4v) is 5.15. The summed E-state index contributed by atoms with van der Waals surface area (Å²) in [5, 5.41) is 7.42. The quantitative estimate of drug-likeness (QED) is 0.284.